The van der Waals surface area contributed by atoms with Gasteiger partial charge in [-0.15, -0.1) is 0 Å². The average Bonchev–Trinajstić information content (AvgIpc) is 0. The van der Waals surface area contributed by atoms with Crippen LogP contribution in [0.4, 0.5) is 0 Å². The molecule has 0 aliphatic heterocycles. The van der Waals surface area contributed by atoms with E-state index in [0.29, 0.717) is 0 Å². The Morgan fingerprint density at radius 3 is 0.500 bits per heavy atom. The monoisotopic (exact) mass is 408 g/mol. The summed E-state index contributed by atoms with van der Waals surface area (Å²) in [6, 6.07) is 0. The van der Waals surface area contributed by atoms with Gasteiger partial charge in [0.1, 0.15) is 0 Å². The van der Waals surface area contributed by atoms with Crippen LogP contribution in [-0.2, 0) is 17.1 Å². The van der Waals surface area contributed by atoms with E-state index < -0.39 is 0 Å². The molecule has 4 heteroatoms. The fourth-order valence-electron chi connectivity index (χ4n) is 0. The van der Waals surface area contributed by atoms with Crippen LogP contribution in [0.1, 0.15) is 0 Å². The van der Waals surface area contributed by atoms with E-state index in [1.54, 1.807) is 0 Å². The zero-order chi connectivity index (χ0) is 0. The topological polar surface area (TPSA) is 0 Å². The third-order valence-electron chi connectivity index (χ3n) is 0. The first-order chi connectivity index (χ1) is 0. The van der Waals surface area contributed by atoms with E-state index in [1.807, 2.05) is 0 Å². The molecule has 0 saturated heterocycles. The summed E-state index contributed by atoms with van der Waals surface area (Å²) in [6.07, 6.45) is 0. The van der Waals surface area contributed by atoms with Crippen molar-refractivity contribution in [3.63, 3.8) is 0 Å². The molecule has 0 atom stereocenters. The first kappa shape index (κ1) is 27.3. The van der Waals surface area contributed by atoms with Crippen LogP contribution in [0, 0.1) is 0 Å². The fourth-order valence-corrected chi connectivity index (χ4v) is 0. The van der Waals surface area contributed by atoms with Crippen molar-refractivity contribution >= 4 is 77.5 Å². The number of hydrogen-bond acceptors (Lipinski definition) is 0. The van der Waals surface area contributed by atoms with E-state index in [9.17, 15) is 0 Å². The summed E-state index contributed by atoms with van der Waals surface area (Å²) in [5.41, 5.74) is 0. The maximum Gasteiger partial charge on any atom is 0 e. The number of rotatable bonds is 0. The second kappa shape index (κ2) is 16.5. The average molecular weight is 408 g/mol. The zero-order valence-corrected chi connectivity index (χ0v) is 12.9. The SMILES string of the molecule is [Cu].[In].[In].[In]. The van der Waals surface area contributed by atoms with Gasteiger partial charge < -0.3 is 0 Å². The van der Waals surface area contributed by atoms with Crippen molar-refractivity contribution in [1.29, 1.82) is 0 Å². The summed E-state index contributed by atoms with van der Waals surface area (Å²) >= 11 is 0. The Morgan fingerprint density at radius 1 is 0.500 bits per heavy atom. The summed E-state index contributed by atoms with van der Waals surface area (Å²) in [4.78, 5) is 0. The van der Waals surface area contributed by atoms with Gasteiger partial charge in [-0.3, -0.25) is 0 Å². The van der Waals surface area contributed by atoms with Crippen molar-refractivity contribution in [2.24, 2.45) is 0 Å². The van der Waals surface area contributed by atoms with Crippen LogP contribution >= 0.6 is 0 Å². The van der Waals surface area contributed by atoms with Gasteiger partial charge in [-0.05, 0) is 0 Å². The van der Waals surface area contributed by atoms with Gasteiger partial charge in [-0.2, -0.15) is 0 Å². The van der Waals surface area contributed by atoms with E-state index in [2.05, 4.69) is 0 Å². The third-order valence-corrected chi connectivity index (χ3v) is 0. The molecule has 20 valence electrons. The van der Waals surface area contributed by atoms with Gasteiger partial charge in [-0.1, -0.05) is 0 Å². The van der Waals surface area contributed by atoms with Crippen LogP contribution in [0.2, 0.25) is 0 Å². The molecule has 0 aliphatic rings. The van der Waals surface area contributed by atoms with Crippen molar-refractivity contribution in [1.82, 2.24) is 0 Å². The molecule has 0 amide bonds. The standard InChI is InChI=1S/Cu.3In. The van der Waals surface area contributed by atoms with Gasteiger partial charge in [0.15, 0.2) is 0 Å². The van der Waals surface area contributed by atoms with Crippen LogP contribution < -0.4 is 0 Å². The molecule has 0 N–H and O–H groups in total. The van der Waals surface area contributed by atoms with Gasteiger partial charge in [0.05, 0.1) is 0 Å². The summed E-state index contributed by atoms with van der Waals surface area (Å²) in [6.45, 7) is 0. The Labute approximate surface area is 92.7 Å². The minimum absolute atomic E-state index is 0. The normalized spacial score (nSPS) is 0. The fraction of sp³-hybridized carbons (Fsp3) is 0. The van der Waals surface area contributed by atoms with E-state index in [-0.39, 0.29) is 94.6 Å². The smallest absolute Gasteiger partial charge is 0 e. The molecule has 0 heterocycles. The van der Waals surface area contributed by atoms with Crippen molar-refractivity contribution in [3.8, 4) is 0 Å². The summed E-state index contributed by atoms with van der Waals surface area (Å²) in [7, 11) is 0. The Kier molecular flexibility index (Phi) is 113. The quantitative estimate of drug-likeness (QED) is 0.445. The molecule has 0 aromatic heterocycles. The molecule has 0 aromatic carbocycles. The third kappa shape index (κ3) is 8.93. The molecule has 0 aromatic rings. The Bertz CT molecular complexity index is 3.25. The van der Waals surface area contributed by atoms with Crippen LogP contribution in [0.25, 0.3) is 0 Å². The van der Waals surface area contributed by atoms with Crippen molar-refractivity contribution < 1.29 is 17.1 Å². The Morgan fingerprint density at radius 2 is 0.500 bits per heavy atom. The molecule has 0 spiro atoms. The van der Waals surface area contributed by atoms with E-state index in [1.165, 1.54) is 0 Å². The Hall–Kier alpha value is 3.13. The predicted molar refractivity (Wildman–Crippen MR) is 17.3 cm³/mol. The van der Waals surface area contributed by atoms with Crippen molar-refractivity contribution in [2.75, 3.05) is 0 Å². The second-order valence-electron chi connectivity index (χ2n) is 0. The molecule has 0 bridgehead atoms. The second-order valence-corrected chi connectivity index (χ2v) is 0. The summed E-state index contributed by atoms with van der Waals surface area (Å²) in [5.74, 6) is 0. The molecule has 0 aliphatic carbocycles. The first-order valence-corrected chi connectivity index (χ1v) is 0. The summed E-state index contributed by atoms with van der Waals surface area (Å²) < 4.78 is 0. The van der Waals surface area contributed by atoms with Crippen LogP contribution in [-0.4, -0.2) is 77.5 Å². The zero-order valence-electron chi connectivity index (χ0n) is 2.03. The van der Waals surface area contributed by atoms with E-state index in [4.69, 9.17) is 0 Å². The van der Waals surface area contributed by atoms with Crippen LogP contribution in [0.3, 0.4) is 0 Å². The molecular formula is CuIn3. The van der Waals surface area contributed by atoms with Crippen LogP contribution in [0.15, 0.2) is 0 Å². The maximum absolute atomic E-state index is 0. The minimum atomic E-state index is 0. The molecule has 0 unspecified atom stereocenters. The maximum atomic E-state index is 0. The van der Waals surface area contributed by atoms with Gasteiger partial charge in [0, 0.05) is 94.6 Å². The molecule has 10 radical (unpaired) electrons. The van der Waals surface area contributed by atoms with Gasteiger partial charge >= 0.3 is 0 Å². The van der Waals surface area contributed by atoms with Gasteiger partial charge in [0.2, 0.25) is 0 Å². The van der Waals surface area contributed by atoms with E-state index >= 15 is 0 Å². The van der Waals surface area contributed by atoms with Crippen LogP contribution in [0.5, 0.6) is 0 Å². The van der Waals surface area contributed by atoms with Gasteiger partial charge in [-0.25, -0.2) is 0 Å². The molecule has 0 saturated carbocycles. The summed E-state index contributed by atoms with van der Waals surface area (Å²) in [5, 5.41) is 0. The molecular weight excluding hydrogens is 408 g/mol. The van der Waals surface area contributed by atoms with Crippen molar-refractivity contribution in [2.45, 2.75) is 0 Å². The molecule has 0 nitrogen and oxygen atoms in total. The molecule has 0 rings (SSSR count). The molecule has 0 fully saturated rings. The number of hydrogen-bond donors (Lipinski definition) is 0. The van der Waals surface area contributed by atoms with Gasteiger partial charge in [0.25, 0.3) is 0 Å². The Balaban J connectivity index is 0. The van der Waals surface area contributed by atoms with Crippen molar-refractivity contribution in [3.05, 3.63) is 0 Å². The van der Waals surface area contributed by atoms with E-state index in [0.717, 1.165) is 0 Å². The first-order valence-electron chi connectivity index (χ1n) is 0. The predicted octanol–water partition coefficient (Wildman–Crippen LogP) is -1.14. The largest absolute Gasteiger partial charge is 0 e. The minimum Gasteiger partial charge on any atom is 0 e. The molecule has 4 heavy (non-hydrogen) atoms.